The van der Waals surface area contributed by atoms with E-state index in [0.29, 0.717) is 6.42 Å². The largest absolute Gasteiger partial charge is 0.400 e. The van der Waals surface area contributed by atoms with E-state index >= 15 is 0 Å². The van der Waals surface area contributed by atoms with Gasteiger partial charge in [-0.25, -0.2) is 0 Å². The normalized spacial score (nSPS) is 16.1. The number of hydrogen-bond donors (Lipinski definition) is 0. The first-order valence-corrected chi connectivity index (χ1v) is 8.34. The molecule has 15 heavy (non-hydrogen) atoms. The summed E-state index contributed by atoms with van der Waals surface area (Å²) in [6.45, 7) is 7.93. The molecule has 0 heterocycles. The fraction of sp³-hybridized carbons (Fsp3) is 0.900. The van der Waals surface area contributed by atoms with Crippen molar-refractivity contribution < 1.29 is 13.9 Å². The Morgan fingerprint density at radius 3 is 2.00 bits per heavy atom. The summed E-state index contributed by atoms with van der Waals surface area (Å²) in [7, 11) is 1.37. The van der Waals surface area contributed by atoms with E-state index < -0.39 is 20.2 Å². The molecule has 0 aliphatic heterocycles. The molecule has 0 aromatic carbocycles. The van der Waals surface area contributed by atoms with Crippen LogP contribution in [0.5, 0.6) is 0 Å². The SMILES string of the molecule is COC(CC(C)(C#N)O[Si](C)(C)C)OC. The van der Waals surface area contributed by atoms with E-state index in [0.717, 1.165) is 0 Å². The minimum Gasteiger partial charge on any atom is -0.400 e. The van der Waals surface area contributed by atoms with Crippen molar-refractivity contribution in [3.63, 3.8) is 0 Å². The fourth-order valence-corrected chi connectivity index (χ4v) is 2.85. The molecule has 0 aliphatic rings. The fourth-order valence-electron chi connectivity index (χ4n) is 1.37. The highest BCUT2D eigenvalue weighted by Crippen LogP contribution is 2.23. The number of rotatable bonds is 6. The molecule has 5 heteroatoms. The first-order chi connectivity index (χ1) is 6.76. The molecule has 0 radical (unpaired) electrons. The van der Waals surface area contributed by atoms with Crippen molar-refractivity contribution in [2.45, 2.75) is 44.9 Å². The van der Waals surface area contributed by atoms with Gasteiger partial charge in [-0.1, -0.05) is 0 Å². The van der Waals surface area contributed by atoms with Crippen LogP contribution in [-0.4, -0.2) is 34.4 Å². The van der Waals surface area contributed by atoms with Gasteiger partial charge in [-0.05, 0) is 26.6 Å². The van der Waals surface area contributed by atoms with Crippen LogP contribution in [0, 0.1) is 11.3 Å². The Labute approximate surface area is 93.3 Å². The lowest BCUT2D eigenvalue weighted by molar-refractivity contribution is -0.127. The third kappa shape index (κ3) is 5.90. The summed E-state index contributed by atoms with van der Waals surface area (Å²) in [5.74, 6) is 0. The van der Waals surface area contributed by atoms with Gasteiger partial charge in [-0.3, -0.25) is 0 Å². The molecule has 0 N–H and O–H groups in total. The smallest absolute Gasteiger partial charge is 0.185 e. The van der Waals surface area contributed by atoms with Crippen molar-refractivity contribution in [3.05, 3.63) is 0 Å². The molecule has 0 amide bonds. The quantitative estimate of drug-likeness (QED) is 0.519. The van der Waals surface area contributed by atoms with Crippen LogP contribution < -0.4 is 0 Å². The molecule has 0 aliphatic carbocycles. The number of nitrogens with zero attached hydrogens (tertiary/aromatic N) is 1. The Balaban J connectivity index is 4.52. The lowest BCUT2D eigenvalue weighted by Crippen LogP contribution is -2.42. The Morgan fingerprint density at radius 2 is 1.73 bits per heavy atom. The van der Waals surface area contributed by atoms with E-state index in [1.807, 2.05) is 0 Å². The summed E-state index contributed by atoms with van der Waals surface area (Å²) in [6.07, 6.45) is 0.0202. The lowest BCUT2D eigenvalue weighted by atomic mass is 10.1. The zero-order valence-corrected chi connectivity index (χ0v) is 11.5. The van der Waals surface area contributed by atoms with Crippen LogP contribution >= 0.6 is 0 Å². The molecule has 4 nitrogen and oxygen atoms in total. The highest BCUT2D eigenvalue weighted by Gasteiger charge is 2.34. The van der Waals surface area contributed by atoms with Crippen LogP contribution in [0.3, 0.4) is 0 Å². The van der Waals surface area contributed by atoms with E-state index in [9.17, 15) is 0 Å². The second kappa shape index (κ2) is 5.61. The average molecular weight is 231 g/mol. The van der Waals surface area contributed by atoms with Crippen molar-refractivity contribution >= 4 is 8.32 Å². The van der Waals surface area contributed by atoms with Gasteiger partial charge in [0.05, 0.1) is 6.07 Å². The Kier molecular flexibility index (Phi) is 5.46. The predicted octanol–water partition coefficient (Wildman–Crippen LogP) is 2.13. The van der Waals surface area contributed by atoms with Crippen LogP contribution in [0.15, 0.2) is 0 Å². The number of ether oxygens (including phenoxy) is 2. The second-order valence-electron chi connectivity index (χ2n) is 4.66. The summed E-state index contributed by atoms with van der Waals surface area (Å²) in [5, 5.41) is 9.12. The van der Waals surface area contributed by atoms with Gasteiger partial charge >= 0.3 is 0 Å². The van der Waals surface area contributed by atoms with Crippen molar-refractivity contribution in [1.82, 2.24) is 0 Å². The highest BCUT2D eigenvalue weighted by molar-refractivity contribution is 6.69. The maximum atomic E-state index is 9.12. The van der Waals surface area contributed by atoms with Gasteiger partial charge in [0, 0.05) is 20.6 Å². The van der Waals surface area contributed by atoms with Crippen molar-refractivity contribution in [3.8, 4) is 6.07 Å². The summed E-state index contributed by atoms with van der Waals surface area (Å²) < 4.78 is 16.0. The van der Waals surface area contributed by atoms with E-state index in [2.05, 4.69) is 25.7 Å². The zero-order valence-electron chi connectivity index (χ0n) is 10.5. The van der Waals surface area contributed by atoms with Crippen LogP contribution in [0.1, 0.15) is 13.3 Å². The van der Waals surface area contributed by atoms with E-state index in [-0.39, 0.29) is 0 Å². The topological polar surface area (TPSA) is 51.5 Å². The summed E-state index contributed by atoms with van der Waals surface area (Å²) in [6, 6.07) is 2.19. The highest BCUT2D eigenvalue weighted by atomic mass is 28.4. The molecular weight excluding hydrogens is 210 g/mol. The maximum absolute atomic E-state index is 9.12. The van der Waals surface area contributed by atoms with E-state index in [1.165, 1.54) is 0 Å². The first-order valence-electron chi connectivity index (χ1n) is 4.93. The van der Waals surface area contributed by atoms with Gasteiger partial charge < -0.3 is 13.9 Å². The van der Waals surface area contributed by atoms with Gasteiger partial charge in [-0.15, -0.1) is 0 Å². The molecule has 0 saturated heterocycles. The number of methoxy groups -OCH3 is 2. The molecule has 0 saturated carbocycles. The average Bonchev–Trinajstić information content (AvgIpc) is 2.11. The lowest BCUT2D eigenvalue weighted by Gasteiger charge is -2.32. The zero-order chi connectivity index (χ0) is 12.1. The summed E-state index contributed by atoms with van der Waals surface area (Å²) in [5.41, 5.74) is -0.832. The number of nitriles is 1. The van der Waals surface area contributed by atoms with Gasteiger partial charge in [0.2, 0.25) is 0 Å². The summed E-state index contributed by atoms with van der Waals surface area (Å²) in [4.78, 5) is 0. The summed E-state index contributed by atoms with van der Waals surface area (Å²) >= 11 is 0. The third-order valence-corrected chi connectivity index (χ3v) is 2.91. The van der Waals surface area contributed by atoms with Gasteiger partial charge in [0.1, 0.15) is 5.60 Å². The molecule has 1 atom stereocenters. The molecule has 0 spiro atoms. The van der Waals surface area contributed by atoms with Crippen LogP contribution in [0.2, 0.25) is 19.6 Å². The van der Waals surface area contributed by atoms with Gasteiger partial charge in [0.25, 0.3) is 0 Å². The molecule has 0 fully saturated rings. The molecular formula is C10H21NO3Si. The van der Waals surface area contributed by atoms with Crippen molar-refractivity contribution in [2.24, 2.45) is 0 Å². The van der Waals surface area contributed by atoms with Crippen LogP contribution in [0.4, 0.5) is 0 Å². The molecule has 0 rings (SSSR count). The molecule has 0 bridgehead atoms. The predicted molar refractivity (Wildman–Crippen MR) is 60.9 cm³/mol. The van der Waals surface area contributed by atoms with E-state index in [1.54, 1.807) is 21.1 Å². The Hall–Kier alpha value is -0.413. The first kappa shape index (κ1) is 14.6. The Bertz CT molecular complexity index is 230. The Morgan fingerprint density at radius 1 is 1.27 bits per heavy atom. The maximum Gasteiger partial charge on any atom is 0.185 e. The second-order valence-corrected chi connectivity index (χ2v) is 9.09. The van der Waals surface area contributed by atoms with E-state index in [4.69, 9.17) is 19.2 Å². The molecule has 88 valence electrons. The van der Waals surface area contributed by atoms with Crippen LogP contribution in [0.25, 0.3) is 0 Å². The van der Waals surface area contributed by atoms with Gasteiger partial charge in [0.15, 0.2) is 14.6 Å². The number of hydrogen-bond acceptors (Lipinski definition) is 4. The monoisotopic (exact) mass is 231 g/mol. The molecule has 0 aromatic rings. The van der Waals surface area contributed by atoms with Gasteiger partial charge in [-0.2, -0.15) is 5.26 Å². The molecule has 0 aromatic heterocycles. The minimum atomic E-state index is -1.74. The van der Waals surface area contributed by atoms with Crippen molar-refractivity contribution in [2.75, 3.05) is 14.2 Å². The van der Waals surface area contributed by atoms with Crippen LogP contribution in [-0.2, 0) is 13.9 Å². The standard InChI is InChI=1S/C10H21NO3Si/c1-10(8-11,14-15(4,5)6)7-9(12-2)13-3/h9H,7H2,1-6H3. The minimum absolute atomic E-state index is 0.397. The third-order valence-electron chi connectivity index (χ3n) is 1.85. The van der Waals surface area contributed by atoms with Crippen molar-refractivity contribution in [1.29, 1.82) is 5.26 Å². The molecule has 1 unspecified atom stereocenters.